The Morgan fingerprint density at radius 1 is 0.962 bits per heavy atom. The van der Waals surface area contributed by atoms with E-state index in [4.69, 9.17) is 14.2 Å². The zero-order chi connectivity index (χ0) is 19.3. The molecule has 0 aliphatic heterocycles. The first-order valence-electron chi connectivity index (χ1n) is 8.17. The summed E-state index contributed by atoms with van der Waals surface area (Å²) in [5, 5.41) is 0. The molecule has 0 aliphatic carbocycles. The van der Waals surface area contributed by atoms with Crippen LogP contribution in [0.1, 0.15) is 16.7 Å². The summed E-state index contributed by atoms with van der Waals surface area (Å²) < 4.78 is 16.8. The Kier molecular flexibility index (Phi) is 6.91. The number of benzene rings is 2. The van der Waals surface area contributed by atoms with Gasteiger partial charge in [0.15, 0.2) is 11.5 Å². The third-order valence-corrected chi connectivity index (χ3v) is 4.90. The molecule has 0 N–H and O–H groups in total. The molecule has 0 saturated carbocycles. The van der Waals surface area contributed by atoms with E-state index in [2.05, 4.69) is 15.9 Å². The minimum Gasteiger partial charge on any atom is -0.496 e. The quantitative estimate of drug-likeness (QED) is 0.677. The van der Waals surface area contributed by atoms with Crippen LogP contribution in [0.15, 0.2) is 34.8 Å². The summed E-state index contributed by atoms with van der Waals surface area (Å²) in [6.45, 7) is 2.50. The molecule has 0 saturated heterocycles. The van der Waals surface area contributed by atoms with Gasteiger partial charge in [-0.15, -0.1) is 0 Å². The number of halogens is 1. The first kappa shape index (κ1) is 20.1. The van der Waals surface area contributed by atoms with E-state index < -0.39 is 0 Å². The van der Waals surface area contributed by atoms with Crippen LogP contribution in [0.3, 0.4) is 0 Å². The molecular formula is C20H24BrNO4. The number of hydrogen-bond acceptors (Lipinski definition) is 4. The second kappa shape index (κ2) is 8.94. The highest BCUT2D eigenvalue weighted by molar-refractivity contribution is 9.10. The van der Waals surface area contributed by atoms with Crippen molar-refractivity contribution in [1.29, 1.82) is 0 Å². The van der Waals surface area contributed by atoms with Crippen LogP contribution in [0.25, 0.3) is 0 Å². The number of nitrogens with zero attached hydrogens (tertiary/aromatic N) is 1. The lowest BCUT2D eigenvalue weighted by atomic mass is 10.1. The summed E-state index contributed by atoms with van der Waals surface area (Å²) in [5.41, 5.74) is 2.95. The number of methoxy groups -OCH3 is 3. The lowest BCUT2D eigenvalue weighted by Crippen LogP contribution is -2.28. The maximum absolute atomic E-state index is 12.7. The zero-order valence-electron chi connectivity index (χ0n) is 15.8. The Bertz CT molecular complexity index is 792. The van der Waals surface area contributed by atoms with Crippen molar-refractivity contribution in [3.05, 3.63) is 51.5 Å². The third-order valence-electron chi connectivity index (χ3n) is 4.16. The summed E-state index contributed by atoms with van der Waals surface area (Å²) in [7, 11) is 6.58. The van der Waals surface area contributed by atoms with Gasteiger partial charge in [0.05, 0.1) is 27.8 Å². The molecule has 1 amide bonds. The van der Waals surface area contributed by atoms with E-state index >= 15 is 0 Å². The Balaban J connectivity index is 2.16. The number of aryl methyl sites for hydroxylation is 1. The van der Waals surface area contributed by atoms with Gasteiger partial charge in [-0.2, -0.15) is 0 Å². The molecule has 0 aliphatic rings. The van der Waals surface area contributed by atoms with Crippen molar-refractivity contribution >= 4 is 21.8 Å². The highest BCUT2D eigenvalue weighted by Crippen LogP contribution is 2.33. The van der Waals surface area contributed by atoms with E-state index in [9.17, 15) is 4.79 Å². The zero-order valence-corrected chi connectivity index (χ0v) is 17.3. The average Bonchev–Trinajstić information content (AvgIpc) is 2.63. The van der Waals surface area contributed by atoms with Gasteiger partial charge < -0.3 is 19.1 Å². The maximum atomic E-state index is 12.7. The van der Waals surface area contributed by atoms with Gasteiger partial charge in [-0.3, -0.25) is 4.79 Å². The smallest absolute Gasteiger partial charge is 0.227 e. The maximum Gasteiger partial charge on any atom is 0.227 e. The highest BCUT2D eigenvalue weighted by Gasteiger charge is 2.17. The first-order chi connectivity index (χ1) is 12.4. The number of hydrogen-bond donors (Lipinski definition) is 0. The van der Waals surface area contributed by atoms with Crippen molar-refractivity contribution in [2.24, 2.45) is 0 Å². The molecule has 2 rings (SSSR count). The molecule has 0 radical (unpaired) electrons. The van der Waals surface area contributed by atoms with Crippen LogP contribution in [0.4, 0.5) is 0 Å². The Hall–Kier alpha value is -2.21. The second-order valence-electron chi connectivity index (χ2n) is 6.04. The van der Waals surface area contributed by atoms with Gasteiger partial charge >= 0.3 is 0 Å². The Morgan fingerprint density at radius 3 is 2.19 bits per heavy atom. The molecule has 0 atom stereocenters. The SMILES string of the molecule is COc1ccc(C)cc1CN(C)C(=O)Cc1cc(OC)c(OC)cc1Br. The van der Waals surface area contributed by atoms with Gasteiger partial charge in [0.1, 0.15) is 5.75 Å². The normalized spacial score (nSPS) is 10.4. The molecule has 0 heterocycles. The summed E-state index contributed by atoms with van der Waals surface area (Å²) in [6, 6.07) is 9.58. The van der Waals surface area contributed by atoms with Gasteiger partial charge in [-0.05, 0) is 30.7 Å². The summed E-state index contributed by atoms with van der Waals surface area (Å²) in [4.78, 5) is 14.4. The van der Waals surface area contributed by atoms with E-state index in [-0.39, 0.29) is 12.3 Å². The predicted octanol–water partition coefficient (Wildman–Crippen LogP) is 3.98. The number of carbonyl (C=O) groups is 1. The van der Waals surface area contributed by atoms with Crippen LogP contribution in [-0.4, -0.2) is 39.2 Å². The fourth-order valence-electron chi connectivity index (χ4n) is 2.70. The fraction of sp³-hybridized carbons (Fsp3) is 0.350. The van der Waals surface area contributed by atoms with E-state index in [0.29, 0.717) is 18.0 Å². The Morgan fingerprint density at radius 2 is 1.58 bits per heavy atom. The molecule has 6 heteroatoms. The monoisotopic (exact) mass is 421 g/mol. The van der Waals surface area contributed by atoms with Crippen LogP contribution >= 0.6 is 15.9 Å². The molecule has 0 bridgehead atoms. The van der Waals surface area contributed by atoms with Gasteiger partial charge in [0.2, 0.25) is 5.91 Å². The molecule has 2 aromatic rings. The van der Waals surface area contributed by atoms with Gasteiger partial charge in [0, 0.05) is 23.6 Å². The summed E-state index contributed by atoms with van der Waals surface area (Å²) in [6.07, 6.45) is 0.256. The van der Waals surface area contributed by atoms with E-state index in [1.54, 1.807) is 33.3 Å². The number of rotatable bonds is 7. The summed E-state index contributed by atoms with van der Waals surface area (Å²) in [5.74, 6) is 2.00. The second-order valence-corrected chi connectivity index (χ2v) is 6.89. The van der Waals surface area contributed by atoms with Crippen molar-refractivity contribution in [3.63, 3.8) is 0 Å². The molecule has 26 heavy (non-hydrogen) atoms. The van der Waals surface area contributed by atoms with Crippen LogP contribution in [0.5, 0.6) is 17.2 Å². The van der Waals surface area contributed by atoms with Crippen LogP contribution in [-0.2, 0) is 17.8 Å². The summed E-state index contributed by atoms with van der Waals surface area (Å²) >= 11 is 3.50. The minimum absolute atomic E-state index is 0.00137. The molecule has 0 aromatic heterocycles. The predicted molar refractivity (Wildman–Crippen MR) is 105 cm³/mol. The minimum atomic E-state index is 0.00137. The van der Waals surface area contributed by atoms with Crippen molar-refractivity contribution in [2.75, 3.05) is 28.4 Å². The molecule has 2 aromatic carbocycles. The molecule has 140 valence electrons. The molecule has 5 nitrogen and oxygen atoms in total. The van der Waals surface area contributed by atoms with Gasteiger partial charge in [-0.25, -0.2) is 0 Å². The number of ether oxygens (including phenoxy) is 3. The average molecular weight is 422 g/mol. The van der Waals surface area contributed by atoms with Gasteiger partial charge in [0.25, 0.3) is 0 Å². The van der Waals surface area contributed by atoms with E-state index in [0.717, 1.165) is 26.9 Å². The lowest BCUT2D eigenvalue weighted by Gasteiger charge is -2.20. The molecule has 0 fully saturated rings. The highest BCUT2D eigenvalue weighted by atomic mass is 79.9. The number of likely N-dealkylation sites (N-methyl/N-ethyl adjacent to an activating group) is 1. The van der Waals surface area contributed by atoms with Crippen molar-refractivity contribution in [2.45, 2.75) is 19.9 Å². The number of carbonyl (C=O) groups excluding carboxylic acids is 1. The standard InChI is InChI=1S/C20H24BrNO4/c1-13-6-7-17(24-3)15(8-13)12-22(2)20(23)10-14-9-18(25-4)19(26-5)11-16(14)21/h6-9,11H,10,12H2,1-5H3. The van der Waals surface area contributed by atoms with Crippen LogP contribution in [0.2, 0.25) is 0 Å². The molecular weight excluding hydrogens is 398 g/mol. The third kappa shape index (κ3) is 4.69. The first-order valence-corrected chi connectivity index (χ1v) is 8.96. The van der Waals surface area contributed by atoms with E-state index in [1.165, 1.54) is 0 Å². The largest absolute Gasteiger partial charge is 0.496 e. The van der Waals surface area contributed by atoms with Crippen LogP contribution < -0.4 is 14.2 Å². The lowest BCUT2D eigenvalue weighted by molar-refractivity contribution is -0.129. The number of amides is 1. The van der Waals surface area contributed by atoms with Crippen molar-refractivity contribution < 1.29 is 19.0 Å². The van der Waals surface area contributed by atoms with Gasteiger partial charge in [-0.1, -0.05) is 33.6 Å². The van der Waals surface area contributed by atoms with Crippen molar-refractivity contribution in [3.8, 4) is 17.2 Å². The topological polar surface area (TPSA) is 48.0 Å². The van der Waals surface area contributed by atoms with E-state index in [1.807, 2.05) is 37.3 Å². The molecule has 0 spiro atoms. The van der Waals surface area contributed by atoms with Crippen LogP contribution in [0, 0.1) is 6.92 Å². The fourth-order valence-corrected chi connectivity index (χ4v) is 3.17. The Labute approximate surface area is 163 Å². The van der Waals surface area contributed by atoms with Crippen molar-refractivity contribution in [1.82, 2.24) is 4.90 Å². The molecule has 0 unspecified atom stereocenters.